The molecule has 1 saturated heterocycles. The van der Waals surface area contributed by atoms with E-state index in [1.807, 2.05) is 6.92 Å². The molecule has 8 heteroatoms. The Balaban J connectivity index is 2.68. The van der Waals surface area contributed by atoms with Crippen LogP contribution in [0.1, 0.15) is 39.5 Å². The number of carbonyl (C=O) groups excluding carboxylic acids is 3. The Kier molecular flexibility index (Phi) is 6.81. The second-order valence-corrected chi connectivity index (χ2v) is 5.20. The van der Waals surface area contributed by atoms with Crippen molar-refractivity contribution in [1.82, 2.24) is 10.2 Å². The molecule has 0 radical (unpaired) electrons. The lowest BCUT2D eigenvalue weighted by Crippen LogP contribution is -2.58. The van der Waals surface area contributed by atoms with Crippen LogP contribution in [0.4, 0.5) is 0 Å². The van der Waals surface area contributed by atoms with Gasteiger partial charge in [-0.3, -0.25) is 19.2 Å². The van der Waals surface area contributed by atoms with E-state index in [0.29, 0.717) is 6.42 Å². The summed E-state index contributed by atoms with van der Waals surface area (Å²) in [6.07, 6.45) is -0.324. The summed E-state index contributed by atoms with van der Waals surface area (Å²) in [5, 5.41) is 11.2. The summed E-state index contributed by atoms with van der Waals surface area (Å²) in [5.74, 6) is -2.50. The van der Waals surface area contributed by atoms with Gasteiger partial charge < -0.3 is 20.1 Å². The number of carboxylic acid groups (broad SMARTS) is 1. The molecule has 0 aromatic heterocycles. The lowest BCUT2D eigenvalue weighted by molar-refractivity contribution is -0.155. The molecule has 1 heterocycles. The quantitative estimate of drug-likeness (QED) is 0.635. The second-order valence-electron chi connectivity index (χ2n) is 5.20. The van der Waals surface area contributed by atoms with E-state index in [4.69, 9.17) is 9.84 Å². The van der Waals surface area contributed by atoms with Crippen molar-refractivity contribution in [3.05, 3.63) is 0 Å². The molecule has 0 spiro atoms. The Labute approximate surface area is 128 Å². The highest BCUT2D eigenvalue weighted by Crippen LogP contribution is 2.13. The Hall–Kier alpha value is -2.12. The molecular formula is C14H22N2O6. The molecule has 0 aliphatic carbocycles. The highest BCUT2D eigenvalue weighted by molar-refractivity contribution is 5.92. The van der Waals surface area contributed by atoms with Crippen molar-refractivity contribution < 1.29 is 29.0 Å². The zero-order chi connectivity index (χ0) is 16.7. The second kappa shape index (κ2) is 8.35. The predicted octanol–water partition coefficient (Wildman–Crippen LogP) is -0.0900. The number of ether oxygens (including phenoxy) is 1. The zero-order valence-corrected chi connectivity index (χ0v) is 12.8. The van der Waals surface area contributed by atoms with Gasteiger partial charge in [-0.1, -0.05) is 6.92 Å². The van der Waals surface area contributed by atoms with E-state index in [0.717, 1.165) is 0 Å². The number of aliphatic carboxylic acids is 1. The summed E-state index contributed by atoms with van der Waals surface area (Å²) in [6.45, 7) is 4.15. The molecule has 8 nitrogen and oxygen atoms in total. The van der Waals surface area contributed by atoms with Crippen LogP contribution < -0.4 is 5.32 Å². The molecule has 2 unspecified atom stereocenters. The number of carbonyl (C=O) groups is 4. The van der Waals surface area contributed by atoms with Crippen molar-refractivity contribution in [2.75, 3.05) is 13.1 Å². The summed E-state index contributed by atoms with van der Waals surface area (Å²) in [6, 6.07) is -0.938. The van der Waals surface area contributed by atoms with Gasteiger partial charge >= 0.3 is 11.9 Å². The van der Waals surface area contributed by atoms with Gasteiger partial charge in [0.15, 0.2) is 0 Å². The fourth-order valence-electron chi connectivity index (χ4n) is 2.09. The van der Waals surface area contributed by atoms with Gasteiger partial charge in [0.1, 0.15) is 6.04 Å². The van der Waals surface area contributed by atoms with Crippen LogP contribution in [-0.2, 0) is 23.9 Å². The van der Waals surface area contributed by atoms with E-state index in [-0.39, 0.29) is 38.5 Å². The topological polar surface area (TPSA) is 113 Å². The Morgan fingerprint density at radius 2 is 2.09 bits per heavy atom. The minimum atomic E-state index is -1.08. The van der Waals surface area contributed by atoms with Crippen LogP contribution in [0.2, 0.25) is 0 Å². The molecule has 1 fully saturated rings. The normalized spacial score (nSPS) is 19.3. The molecule has 0 bridgehead atoms. The first kappa shape index (κ1) is 17.9. The number of nitrogens with zero attached hydrogens (tertiary/aromatic N) is 1. The molecule has 124 valence electrons. The van der Waals surface area contributed by atoms with E-state index in [1.54, 1.807) is 6.92 Å². The van der Waals surface area contributed by atoms with Gasteiger partial charge in [-0.05, 0) is 13.3 Å². The number of hydrogen-bond acceptors (Lipinski definition) is 5. The lowest BCUT2D eigenvalue weighted by atomic mass is 10.1. The number of esters is 1. The maximum absolute atomic E-state index is 12.0. The molecule has 1 rings (SSSR count). The van der Waals surface area contributed by atoms with Gasteiger partial charge in [-0.2, -0.15) is 0 Å². The number of hydrogen-bond donors (Lipinski definition) is 2. The zero-order valence-electron chi connectivity index (χ0n) is 12.8. The average Bonchev–Trinajstić information content (AvgIpc) is 2.46. The van der Waals surface area contributed by atoms with E-state index in [1.165, 1.54) is 4.90 Å². The van der Waals surface area contributed by atoms with Gasteiger partial charge in [0.25, 0.3) is 0 Å². The minimum Gasteiger partial charge on any atom is -0.481 e. The molecular weight excluding hydrogens is 292 g/mol. The molecule has 0 saturated carbocycles. The van der Waals surface area contributed by atoms with Crippen LogP contribution in [0.5, 0.6) is 0 Å². The summed E-state index contributed by atoms with van der Waals surface area (Å²) in [4.78, 5) is 47.6. The van der Waals surface area contributed by atoms with E-state index in [9.17, 15) is 19.2 Å². The first-order chi connectivity index (χ1) is 10.3. The molecule has 0 aromatic carbocycles. The van der Waals surface area contributed by atoms with Crippen molar-refractivity contribution in [2.45, 2.75) is 51.7 Å². The van der Waals surface area contributed by atoms with Gasteiger partial charge in [0.2, 0.25) is 11.8 Å². The van der Waals surface area contributed by atoms with Crippen LogP contribution in [0.25, 0.3) is 0 Å². The first-order valence-corrected chi connectivity index (χ1v) is 7.33. The molecule has 2 amide bonds. The van der Waals surface area contributed by atoms with Gasteiger partial charge in [0.05, 0.1) is 18.9 Å². The minimum absolute atomic E-state index is 0.195. The third-order valence-electron chi connectivity index (χ3n) is 3.47. The first-order valence-electron chi connectivity index (χ1n) is 7.33. The SMILES string of the molecule is CCC(C)OC(=O)CC1C(=O)NCCN1C(=O)CCC(=O)O. The van der Waals surface area contributed by atoms with Crippen molar-refractivity contribution in [2.24, 2.45) is 0 Å². The summed E-state index contributed by atoms with van der Waals surface area (Å²) in [5.41, 5.74) is 0. The Morgan fingerprint density at radius 3 is 2.68 bits per heavy atom. The molecule has 2 N–H and O–H groups in total. The van der Waals surface area contributed by atoms with Crippen molar-refractivity contribution in [3.63, 3.8) is 0 Å². The molecule has 1 aliphatic heterocycles. The maximum Gasteiger partial charge on any atom is 0.308 e. The Bertz CT molecular complexity index is 451. The van der Waals surface area contributed by atoms with Gasteiger partial charge in [-0.15, -0.1) is 0 Å². The number of carboxylic acids is 1. The average molecular weight is 314 g/mol. The number of nitrogens with one attached hydrogen (secondary N) is 1. The third-order valence-corrected chi connectivity index (χ3v) is 3.47. The van der Waals surface area contributed by atoms with Crippen LogP contribution in [-0.4, -0.2) is 59.0 Å². The predicted molar refractivity (Wildman–Crippen MR) is 75.8 cm³/mol. The summed E-state index contributed by atoms with van der Waals surface area (Å²) >= 11 is 0. The summed E-state index contributed by atoms with van der Waals surface area (Å²) < 4.78 is 5.13. The largest absolute Gasteiger partial charge is 0.481 e. The van der Waals surface area contributed by atoms with Gasteiger partial charge in [0, 0.05) is 19.5 Å². The van der Waals surface area contributed by atoms with Crippen molar-refractivity contribution >= 4 is 23.8 Å². The van der Waals surface area contributed by atoms with Crippen LogP contribution >= 0.6 is 0 Å². The smallest absolute Gasteiger partial charge is 0.308 e. The number of rotatable bonds is 7. The van der Waals surface area contributed by atoms with Crippen molar-refractivity contribution in [1.29, 1.82) is 0 Å². The highest BCUT2D eigenvalue weighted by Gasteiger charge is 2.35. The van der Waals surface area contributed by atoms with Crippen LogP contribution in [0, 0.1) is 0 Å². The third kappa shape index (κ3) is 5.34. The molecule has 2 atom stereocenters. The van der Waals surface area contributed by atoms with E-state index >= 15 is 0 Å². The molecule has 0 aromatic rings. The van der Waals surface area contributed by atoms with Crippen LogP contribution in [0.3, 0.4) is 0 Å². The standard InChI is InChI=1S/C14H22N2O6/c1-3-9(2)22-13(20)8-10-14(21)15-6-7-16(10)11(17)4-5-12(18)19/h9-10H,3-8H2,1-2H3,(H,15,21)(H,18,19). The van der Waals surface area contributed by atoms with Crippen molar-refractivity contribution in [3.8, 4) is 0 Å². The monoisotopic (exact) mass is 314 g/mol. The number of amides is 2. The fourth-order valence-corrected chi connectivity index (χ4v) is 2.09. The molecule has 22 heavy (non-hydrogen) atoms. The fraction of sp³-hybridized carbons (Fsp3) is 0.714. The molecule has 1 aliphatic rings. The summed E-state index contributed by atoms with van der Waals surface area (Å²) in [7, 11) is 0. The Morgan fingerprint density at radius 1 is 1.41 bits per heavy atom. The lowest BCUT2D eigenvalue weighted by Gasteiger charge is -2.34. The van der Waals surface area contributed by atoms with E-state index < -0.39 is 29.8 Å². The van der Waals surface area contributed by atoms with Gasteiger partial charge in [-0.25, -0.2) is 0 Å². The van der Waals surface area contributed by atoms with E-state index in [2.05, 4.69) is 5.32 Å². The van der Waals surface area contributed by atoms with Crippen LogP contribution in [0.15, 0.2) is 0 Å². The number of piperazine rings is 1. The highest BCUT2D eigenvalue weighted by atomic mass is 16.5. The maximum atomic E-state index is 12.0.